The third-order valence-electron chi connectivity index (χ3n) is 1.08. The van der Waals surface area contributed by atoms with E-state index in [1.807, 2.05) is 6.08 Å². The Bertz CT molecular complexity index is 112. The Labute approximate surface area is 79.7 Å². The van der Waals surface area contributed by atoms with Crippen LogP contribution >= 0.6 is 0 Å². The van der Waals surface area contributed by atoms with Gasteiger partial charge < -0.3 is 14.9 Å². The van der Waals surface area contributed by atoms with E-state index in [-0.39, 0.29) is 35.9 Å². The predicted molar refractivity (Wildman–Crippen MR) is 43.6 cm³/mol. The molecule has 0 atom stereocenters. The molecule has 0 spiro atoms. The number of hydrogen-bond donors (Lipinski definition) is 0. The van der Waals surface area contributed by atoms with Gasteiger partial charge in [-0.15, -0.1) is 13.3 Å². The van der Waals surface area contributed by atoms with Crippen molar-refractivity contribution in [3.05, 3.63) is 38.7 Å². The minimum absolute atomic E-state index is 0. The molecule has 0 fully saturated rings. The zero-order valence-electron chi connectivity index (χ0n) is 6.98. The van der Waals surface area contributed by atoms with Gasteiger partial charge in [0.1, 0.15) is 0 Å². The number of rotatable bonds is 0. The molecular weight excluding hydrogens is 292 g/mol. The van der Waals surface area contributed by atoms with Gasteiger partial charge in [0.2, 0.25) is 0 Å². The van der Waals surface area contributed by atoms with Gasteiger partial charge in [-0.1, -0.05) is 6.42 Å². The molecule has 0 aromatic carbocycles. The monoisotopic (exact) mass is 307 g/mol. The smallest absolute Gasteiger partial charge is 0 e. The van der Waals surface area contributed by atoms with Crippen molar-refractivity contribution >= 4 is 0 Å². The van der Waals surface area contributed by atoms with Gasteiger partial charge in [0, 0.05) is 21.1 Å². The fourth-order valence-corrected chi connectivity index (χ4v) is 0.675. The maximum Gasteiger partial charge on any atom is 0 e. The van der Waals surface area contributed by atoms with Crippen LogP contribution < -0.4 is 0 Å². The van der Waals surface area contributed by atoms with Gasteiger partial charge >= 0.3 is 0 Å². The Morgan fingerprint density at radius 1 is 1.40 bits per heavy atom. The van der Waals surface area contributed by atoms with Gasteiger partial charge in [-0.25, -0.2) is 11.6 Å². The van der Waals surface area contributed by atoms with Crippen LogP contribution in [0.5, 0.6) is 0 Å². The van der Waals surface area contributed by atoms with Gasteiger partial charge in [0.05, 0.1) is 0 Å². The van der Waals surface area contributed by atoms with Crippen molar-refractivity contribution in [3.8, 4) is 0 Å². The van der Waals surface area contributed by atoms with Crippen molar-refractivity contribution in [2.75, 3.05) is 0 Å². The molecule has 0 saturated heterocycles. The average molecular weight is 307 g/mol. The first-order chi connectivity index (χ1) is 3.39. The quantitative estimate of drug-likeness (QED) is 0.604. The molecule has 0 bridgehead atoms. The van der Waals surface area contributed by atoms with Crippen molar-refractivity contribution < 1.29 is 21.1 Å². The van der Waals surface area contributed by atoms with E-state index in [1.165, 1.54) is 12.0 Å². The van der Waals surface area contributed by atoms with Gasteiger partial charge in [-0.2, -0.15) is 6.08 Å². The number of allylic oxidation sites excluding steroid dienone is 4. The normalized spacial score (nSPS) is 13.5. The standard InChI is InChI=1S/C7H9.2CH3.W/c1-7-5-3-2-4-6-7;;;/h5-6H,2-3H2,1H3;2*1H3;/q3*-1;. The third-order valence-corrected chi connectivity index (χ3v) is 1.08. The topological polar surface area (TPSA) is 0 Å². The second-order valence-electron chi connectivity index (χ2n) is 1.84. The summed E-state index contributed by atoms with van der Waals surface area (Å²) in [6.45, 7) is 2.10. The van der Waals surface area contributed by atoms with Crippen LogP contribution in [-0.2, 0) is 21.1 Å². The van der Waals surface area contributed by atoms with Gasteiger partial charge in [-0.05, 0) is 0 Å². The Morgan fingerprint density at radius 3 is 2.20 bits per heavy atom. The summed E-state index contributed by atoms with van der Waals surface area (Å²) >= 11 is 0. The molecule has 0 radical (unpaired) electrons. The molecule has 0 nitrogen and oxygen atoms in total. The Hall–Kier alpha value is 0.168. The molecule has 1 rings (SSSR count). The van der Waals surface area contributed by atoms with E-state index < -0.39 is 0 Å². The first-order valence-electron chi connectivity index (χ1n) is 2.63. The van der Waals surface area contributed by atoms with Crippen molar-refractivity contribution in [1.29, 1.82) is 0 Å². The fourth-order valence-electron chi connectivity index (χ4n) is 0.675. The first-order valence-corrected chi connectivity index (χ1v) is 2.63. The Kier molecular flexibility index (Phi) is 15.3. The van der Waals surface area contributed by atoms with Crippen molar-refractivity contribution in [2.24, 2.45) is 0 Å². The summed E-state index contributed by atoms with van der Waals surface area (Å²) in [7, 11) is 0. The zero-order chi connectivity index (χ0) is 5.11. The first kappa shape index (κ1) is 16.6. The molecule has 10 heavy (non-hydrogen) atoms. The summed E-state index contributed by atoms with van der Waals surface area (Å²) in [4.78, 5) is 0. The van der Waals surface area contributed by atoms with E-state index >= 15 is 0 Å². The van der Waals surface area contributed by atoms with Crippen LogP contribution in [0.4, 0.5) is 0 Å². The Morgan fingerprint density at radius 2 is 2.00 bits per heavy atom. The van der Waals surface area contributed by atoms with Crippen LogP contribution in [-0.4, -0.2) is 0 Å². The van der Waals surface area contributed by atoms with Crippen LogP contribution in [0, 0.1) is 20.9 Å². The van der Waals surface area contributed by atoms with Gasteiger partial charge in [0.25, 0.3) is 0 Å². The van der Waals surface area contributed by atoms with Crippen LogP contribution in [0.1, 0.15) is 19.8 Å². The number of hydrogen-bond acceptors (Lipinski definition) is 0. The molecule has 0 aromatic heterocycles. The van der Waals surface area contributed by atoms with Crippen LogP contribution in [0.3, 0.4) is 0 Å². The van der Waals surface area contributed by atoms with E-state index in [0.29, 0.717) is 0 Å². The van der Waals surface area contributed by atoms with E-state index in [1.54, 1.807) is 0 Å². The summed E-state index contributed by atoms with van der Waals surface area (Å²) in [5.41, 5.74) is 1.35. The minimum atomic E-state index is 0. The summed E-state index contributed by atoms with van der Waals surface area (Å²) in [6.07, 6.45) is 9.71. The molecule has 1 aliphatic rings. The molecule has 0 aliphatic heterocycles. The van der Waals surface area contributed by atoms with E-state index in [9.17, 15) is 0 Å². The largest absolute Gasteiger partial charge is 0.358 e. The third kappa shape index (κ3) is 6.29. The summed E-state index contributed by atoms with van der Waals surface area (Å²) in [5, 5.41) is 0. The molecule has 0 amide bonds. The van der Waals surface area contributed by atoms with Crippen molar-refractivity contribution in [3.63, 3.8) is 0 Å². The van der Waals surface area contributed by atoms with Crippen LogP contribution in [0.2, 0.25) is 0 Å². The zero-order valence-corrected chi connectivity index (χ0v) is 9.91. The van der Waals surface area contributed by atoms with Gasteiger partial charge in [0.15, 0.2) is 0 Å². The molecule has 60 valence electrons. The maximum atomic E-state index is 3.14. The molecule has 1 aliphatic carbocycles. The predicted octanol–water partition coefficient (Wildman–Crippen LogP) is 2.98. The average Bonchev–Trinajstić information content (AvgIpc) is 1.69. The van der Waals surface area contributed by atoms with Crippen molar-refractivity contribution in [2.45, 2.75) is 19.8 Å². The second-order valence-corrected chi connectivity index (χ2v) is 1.84. The van der Waals surface area contributed by atoms with Crippen LogP contribution in [0.25, 0.3) is 0 Å². The SMILES string of the molecule is CC1=CCC[C-]=C1.[CH3-].[CH3-].[W]. The maximum absolute atomic E-state index is 3.14. The molecule has 0 N–H and O–H groups in total. The van der Waals surface area contributed by atoms with E-state index in [2.05, 4.69) is 19.1 Å². The van der Waals surface area contributed by atoms with Crippen LogP contribution in [0.15, 0.2) is 17.7 Å². The minimum Gasteiger partial charge on any atom is -0.358 e. The molecule has 0 aromatic rings. The van der Waals surface area contributed by atoms with E-state index in [0.717, 1.165) is 6.42 Å². The van der Waals surface area contributed by atoms with Gasteiger partial charge in [-0.3, -0.25) is 6.08 Å². The molecule has 1 heteroatoms. The molecular formula is C9H15W-3. The van der Waals surface area contributed by atoms with Crippen molar-refractivity contribution in [1.82, 2.24) is 0 Å². The molecule has 0 heterocycles. The summed E-state index contributed by atoms with van der Waals surface area (Å²) < 4.78 is 0. The molecule has 0 unspecified atom stereocenters. The summed E-state index contributed by atoms with van der Waals surface area (Å²) in [5.74, 6) is 0. The van der Waals surface area contributed by atoms with E-state index in [4.69, 9.17) is 0 Å². The summed E-state index contributed by atoms with van der Waals surface area (Å²) in [6, 6.07) is 0. The Balaban J connectivity index is -0.000000163. The fraction of sp³-hybridized carbons (Fsp3) is 0.333. The second kappa shape index (κ2) is 9.17. The molecule has 0 saturated carbocycles.